The normalized spacial score (nSPS) is 10.7. The van der Waals surface area contributed by atoms with Gasteiger partial charge in [0.2, 0.25) is 0 Å². The minimum absolute atomic E-state index is 0. The number of methoxy groups -OCH3 is 1. The lowest BCUT2D eigenvalue weighted by Crippen LogP contribution is -2.37. The molecule has 0 aliphatic heterocycles. The summed E-state index contributed by atoms with van der Waals surface area (Å²) in [5.41, 5.74) is 1.08. The molecular formula is C13H24IN5O2. The molecule has 8 heteroatoms. The van der Waals surface area contributed by atoms with E-state index in [0.717, 1.165) is 31.0 Å². The van der Waals surface area contributed by atoms with Crippen molar-refractivity contribution < 1.29 is 9.53 Å². The third kappa shape index (κ3) is 7.88. The predicted molar refractivity (Wildman–Crippen MR) is 92.7 cm³/mol. The molecule has 0 aliphatic carbocycles. The number of aromatic nitrogens is 2. The first-order valence-corrected chi connectivity index (χ1v) is 6.65. The maximum absolute atomic E-state index is 10.9. The highest BCUT2D eigenvalue weighted by Crippen LogP contribution is 1.96. The molecule has 120 valence electrons. The van der Waals surface area contributed by atoms with Gasteiger partial charge in [-0.15, -0.1) is 24.0 Å². The monoisotopic (exact) mass is 409 g/mol. The fourth-order valence-electron chi connectivity index (χ4n) is 1.67. The molecule has 1 heterocycles. The summed E-state index contributed by atoms with van der Waals surface area (Å²) in [5, 5.41) is 10.5. The lowest BCUT2D eigenvalue weighted by molar-refractivity contribution is -0.140. The van der Waals surface area contributed by atoms with Gasteiger partial charge in [0.15, 0.2) is 5.96 Å². The third-order valence-corrected chi connectivity index (χ3v) is 2.91. The van der Waals surface area contributed by atoms with Gasteiger partial charge in [-0.1, -0.05) is 0 Å². The van der Waals surface area contributed by atoms with Crippen molar-refractivity contribution in [3.8, 4) is 0 Å². The molecule has 21 heavy (non-hydrogen) atoms. The van der Waals surface area contributed by atoms with Gasteiger partial charge >= 0.3 is 5.97 Å². The average Bonchev–Trinajstić information content (AvgIpc) is 2.87. The second kappa shape index (κ2) is 11.4. The van der Waals surface area contributed by atoms with E-state index >= 15 is 0 Å². The SMILES string of the molecule is CN=C(NCCCCC(=O)OC)NCc1ccnn1C.I. The minimum atomic E-state index is -0.163. The molecule has 7 nitrogen and oxygen atoms in total. The van der Waals surface area contributed by atoms with Gasteiger partial charge < -0.3 is 15.4 Å². The van der Waals surface area contributed by atoms with Gasteiger partial charge in [-0.3, -0.25) is 14.5 Å². The number of carbonyl (C=O) groups excluding carboxylic acids is 1. The Morgan fingerprint density at radius 3 is 2.76 bits per heavy atom. The summed E-state index contributed by atoms with van der Waals surface area (Å²) < 4.78 is 6.40. The van der Waals surface area contributed by atoms with Gasteiger partial charge in [0.25, 0.3) is 0 Å². The highest BCUT2D eigenvalue weighted by atomic mass is 127. The highest BCUT2D eigenvalue weighted by Gasteiger charge is 2.02. The van der Waals surface area contributed by atoms with E-state index < -0.39 is 0 Å². The van der Waals surface area contributed by atoms with E-state index in [1.165, 1.54) is 7.11 Å². The van der Waals surface area contributed by atoms with E-state index in [0.29, 0.717) is 13.0 Å². The van der Waals surface area contributed by atoms with Crippen LogP contribution in [0.25, 0.3) is 0 Å². The van der Waals surface area contributed by atoms with Crippen molar-refractivity contribution in [1.82, 2.24) is 20.4 Å². The van der Waals surface area contributed by atoms with Crippen LogP contribution in [0.4, 0.5) is 0 Å². The van der Waals surface area contributed by atoms with E-state index in [2.05, 4.69) is 25.5 Å². The molecule has 0 unspecified atom stereocenters. The number of aliphatic imine (C=N–C) groups is 1. The highest BCUT2D eigenvalue weighted by molar-refractivity contribution is 14.0. The molecule has 0 fully saturated rings. The Bertz CT molecular complexity index is 448. The molecule has 0 aliphatic rings. The Morgan fingerprint density at radius 2 is 2.19 bits per heavy atom. The molecule has 1 rings (SSSR count). The van der Waals surface area contributed by atoms with Crippen molar-refractivity contribution >= 4 is 35.9 Å². The number of rotatable bonds is 7. The van der Waals surface area contributed by atoms with E-state index in [4.69, 9.17) is 0 Å². The van der Waals surface area contributed by atoms with E-state index in [-0.39, 0.29) is 29.9 Å². The van der Waals surface area contributed by atoms with Crippen molar-refractivity contribution in [2.75, 3.05) is 20.7 Å². The van der Waals surface area contributed by atoms with E-state index in [1.54, 1.807) is 13.2 Å². The number of hydrogen-bond donors (Lipinski definition) is 2. The van der Waals surface area contributed by atoms with Crippen molar-refractivity contribution in [3.05, 3.63) is 18.0 Å². The molecule has 0 aromatic carbocycles. The van der Waals surface area contributed by atoms with Crippen LogP contribution in [0.2, 0.25) is 0 Å². The Morgan fingerprint density at radius 1 is 1.43 bits per heavy atom. The van der Waals surface area contributed by atoms with Crippen LogP contribution in [0.5, 0.6) is 0 Å². The van der Waals surface area contributed by atoms with Crippen molar-refractivity contribution in [3.63, 3.8) is 0 Å². The largest absolute Gasteiger partial charge is 0.469 e. The first-order chi connectivity index (χ1) is 9.67. The summed E-state index contributed by atoms with van der Waals surface area (Å²) in [6.45, 7) is 1.43. The molecule has 1 aromatic rings. The lowest BCUT2D eigenvalue weighted by Gasteiger charge is -2.11. The molecule has 0 saturated carbocycles. The van der Waals surface area contributed by atoms with Crippen LogP contribution in [0, 0.1) is 0 Å². The zero-order chi connectivity index (χ0) is 14.8. The molecule has 0 radical (unpaired) electrons. The molecule has 0 spiro atoms. The number of halogens is 1. The number of ether oxygens (including phenoxy) is 1. The molecule has 2 N–H and O–H groups in total. The first kappa shape index (κ1) is 19.7. The molecule has 0 bridgehead atoms. The molecule has 0 atom stereocenters. The molecular weight excluding hydrogens is 385 g/mol. The van der Waals surface area contributed by atoms with Crippen LogP contribution in [-0.4, -0.2) is 42.4 Å². The summed E-state index contributed by atoms with van der Waals surface area (Å²) in [6, 6.07) is 1.95. The van der Waals surface area contributed by atoms with Crippen LogP contribution in [0.1, 0.15) is 25.0 Å². The van der Waals surface area contributed by atoms with Crippen LogP contribution in [0.3, 0.4) is 0 Å². The summed E-state index contributed by atoms with van der Waals surface area (Å²) in [5.74, 6) is 0.577. The molecule has 0 amide bonds. The number of hydrogen-bond acceptors (Lipinski definition) is 4. The van der Waals surface area contributed by atoms with Crippen molar-refractivity contribution in [1.29, 1.82) is 0 Å². The number of nitrogens with zero attached hydrogens (tertiary/aromatic N) is 3. The second-order valence-electron chi connectivity index (χ2n) is 4.33. The minimum Gasteiger partial charge on any atom is -0.469 e. The van der Waals surface area contributed by atoms with Gasteiger partial charge in [-0.25, -0.2) is 0 Å². The third-order valence-electron chi connectivity index (χ3n) is 2.91. The summed E-state index contributed by atoms with van der Waals surface area (Å²) in [7, 11) is 5.04. The zero-order valence-electron chi connectivity index (χ0n) is 12.8. The van der Waals surface area contributed by atoms with Crippen molar-refractivity contribution in [2.45, 2.75) is 25.8 Å². The zero-order valence-corrected chi connectivity index (χ0v) is 15.1. The molecule has 0 saturated heterocycles. The van der Waals surface area contributed by atoms with Crippen LogP contribution >= 0.6 is 24.0 Å². The summed E-state index contributed by atoms with van der Waals surface area (Å²) in [4.78, 5) is 15.1. The van der Waals surface area contributed by atoms with E-state index in [9.17, 15) is 4.79 Å². The fourth-order valence-corrected chi connectivity index (χ4v) is 1.67. The topological polar surface area (TPSA) is 80.5 Å². The Labute approximate surface area is 142 Å². The predicted octanol–water partition coefficient (Wildman–Crippen LogP) is 1.05. The maximum atomic E-state index is 10.9. The Kier molecular flexibility index (Phi) is 10.6. The van der Waals surface area contributed by atoms with Crippen LogP contribution < -0.4 is 10.6 Å². The number of unbranched alkanes of at least 4 members (excludes halogenated alkanes) is 1. The van der Waals surface area contributed by atoms with Gasteiger partial charge in [0.05, 0.1) is 19.3 Å². The maximum Gasteiger partial charge on any atom is 0.305 e. The van der Waals surface area contributed by atoms with Crippen LogP contribution in [0.15, 0.2) is 17.3 Å². The number of esters is 1. The number of aryl methyl sites for hydroxylation is 1. The standard InChI is InChI=1S/C13H23N5O2.HI/c1-14-13(15-8-5-4-6-12(19)20-3)16-10-11-7-9-17-18(11)2;/h7,9H,4-6,8,10H2,1-3H3,(H2,14,15,16);1H. The second-order valence-corrected chi connectivity index (χ2v) is 4.33. The number of guanidine groups is 1. The van der Waals surface area contributed by atoms with Crippen LogP contribution in [-0.2, 0) is 23.1 Å². The Hall–Kier alpha value is -1.32. The quantitative estimate of drug-likeness (QED) is 0.231. The molecule has 1 aromatic heterocycles. The average molecular weight is 409 g/mol. The first-order valence-electron chi connectivity index (χ1n) is 6.65. The van der Waals surface area contributed by atoms with Gasteiger partial charge in [-0.05, 0) is 18.9 Å². The lowest BCUT2D eigenvalue weighted by atomic mass is 10.2. The van der Waals surface area contributed by atoms with E-state index in [1.807, 2.05) is 17.8 Å². The van der Waals surface area contributed by atoms with Crippen molar-refractivity contribution in [2.24, 2.45) is 12.0 Å². The van der Waals surface area contributed by atoms with Gasteiger partial charge in [0.1, 0.15) is 0 Å². The summed E-state index contributed by atoms with van der Waals surface area (Å²) in [6.07, 6.45) is 3.92. The summed E-state index contributed by atoms with van der Waals surface area (Å²) >= 11 is 0. The number of carbonyl (C=O) groups is 1. The van der Waals surface area contributed by atoms with Gasteiger partial charge in [-0.2, -0.15) is 5.10 Å². The van der Waals surface area contributed by atoms with Gasteiger partial charge in [0, 0.05) is 33.3 Å². The fraction of sp³-hybridized carbons (Fsp3) is 0.615. The smallest absolute Gasteiger partial charge is 0.305 e. The Balaban J connectivity index is 0.00000400. The number of nitrogens with one attached hydrogen (secondary N) is 2.